The van der Waals surface area contributed by atoms with Crippen LogP contribution >= 0.6 is 11.6 Å². The number of amides is 1. The summed E-state index contributed by atoms with van der Waals surface area (Å²) in [6.45, 7) is 0. The lowest BCUT2D eigenvalue weighted by molar-refractivity contribution is -0.145. The van der Waals surface area contributed by atoms with Crippen molar-refractivity contribution >= 4 is 29.3 Å². The van der Waals surface area contributed by atoms with Gasteiger partial charge in [-0.05, 0) is 30.9 Å². The maximum absolute atomic E-state index is 12.3. The normalized spacial score (nSPS) is 19.4. The summed E-state index contributed by atoms with van der Waals surface area (Å²) in [6, 6.07) is 5.76. The van der Waals surface area contributed by atoms with Crippen molar-refractivity contribution in [2.24, 2.45) is 5.92 Å². The molecule has 1 N–H and O–H groups in total. The second-order valence-electron chi connectivity index (χ2n) is 5.35. The maximum atomic E-state index is 12.3. The average molecular weight is 324 g/mol. The Morgan fingerprint density at radius 2 is 2.09 bits per heavy atom. The molecule has 1 aliphatic carbocycles. The molecule has 0 aromatic heterocycles. The van der Waals surface area contributed by atoms with Crippen molar-refractivity contribution in [2.75, 3.05) is 7.11 Å². The van der Waals surface area contributed by atoms with E-state index in [-0.39, 0.29) is 18.1 Å². The molecule has 118 valence electrons. The lowest BCUT2D eigenvalue weighted by Gasteiger charge is -2.28. The third-order valence-corrected chi connectivity index (χ3v) is 4.18. The molecule has 22 heavy (non-hydrogen) atoms. The number of carbonyl (C=O) groups excluding carboxylic acids is 3. The summed E-state index contributed by atoms with van der Waals surface area (Å²) >= 11 is 5.99. The number of halogens is 1. The fraction of sp³-hybridized carbons (Fsp3) is 0.438. The molecular weight excluding hydrogens is 306 g/mol. The third-order valence-electron chi connectivity index (χ3n) is 3.85. The molecule has 5 nitrogen and oxygen atoms in total. The molecule has 1 amide bonds. The zero-order valence-electron chi connectivity index (χ0n) is 12.3. The molecule has 0 heterocycles. The van der Waals surface area contributed by atoms with Gasteiger partial charge in [-0.3, -0.25) is 9.59 Å². The number of methoxy groups -OCH3 is 1. The van der Waals surface area contributed by atoms with Crippen molar-refractivity contribution in [1.82, 2.24) is 5.32 Å². The Morgan fingerprint density at radius 3 is 2.73 bits per heavy atom. The van der Waals surface area contributed by atoms with Crippen molar-refractivity contribution in [3.8, 4) is 0 Å². The number of ether oxygens (including phenoxy) is 1. The van der Waals surface area contributed by atoms with Gasteiger partial charge in [-0.2, -0.15) is 0 Å². The molecule has 0 unspecified atom stereocenters. The summed E-state index contributed by atoms with van der Waals surface area (Å²) in [5.74, 6) is -1.11. The van der Waals surface area contributed by atoms with Crippen molar-refractivity contribution in [2.45, 2.75) is 31.7 Å². The topological polar surface area (TPSA) is 72.5 Å². The highest BCUT2D eigenvalue weighted by Crippen LogP contribution is 2.25. The summed E-state index contributed by atoms with van der Waals surface area (Å²) in [5, 5.41) is 2.97. The largest absolute Gasteiger partial charge is 0.467 e. The Morgan fingerprint density at radius 1 is 1.36 bits per heavy atom. The van der Waals surface area contributed by atoms with Gasteiger partial charge in [0.05, 0.1) is 17.7 Å². The number of carbonyl (C=O) groups is 3. The van der Waals surface area contributed by atoms with E-state index in [1.54, 1.807) is 24.3 Å². The second kappa shape index (κ2) is 7.40. The molecule has 1 aromatic carbocycles. The SMILES string of the molecule is COC(=O)[C@@H](NC(=O)c1ccccc1Cl)[C@H]1CCCC(=O)C1. The molecule has 6 heteroatoms. The van der Waals surface area contributed by atoms with Crippen LogP contribution in [0.15, 0.2) is 24.3 Å². The van der Waals surface area contributed by atoms with Gasteiger partial charge in [0.1, 0.15) is 11.8 Å². The standard InChI is InChI=1S/C16H18ClNO4/c1-22-16(21)14(10-5-4-6-11(19)9-10)18-15(20)12-7-2-3-8-13(12)17/h2-3,7-8,10,14H,4-6,9H2,1H3,(H,18,20)/t10-,14-/m0/s1. The van der Waals surface area contributed by atoms with Crippen LogP contribution in [-0.4, -0.2) is 30.8 Å². The molecule has 1 fully saturated rings. The number of Topliss-reactive ketones (excluding diaryl/α,β-unsaturated/α-hetero) is 1. The van der Waals surface area contributed by atoms with Gasteiger partial charge in [-0.15, -0.1) is 0 Å². The fourth-order valence-corrected chi connectivity index (χ4v) is 2.92. The Hall–Kier alpha value is -1.88. The molecule has 1 aromatic rings. The summed E-state index contributed by atoms with van der Waals surface area (Å²) in [4.78, 5) is 35.9. The van der Waals surface area contributed by atoms with E-state index in [0.717, 1.165) is 6.42 Å². The van der Waals surface area contributed by atoms with Crippen LogP contribution in [0.4, 0.5) is 0 Å². The second-order valence-corrected chi connectivity index (χ2v) is 5.76. The first kappa shape index (κ1) is 16.5. The average Bonchev–Trinajstić information content (AvgIpc) is 2.52. The van der Waals surface area contributed by atoms with Gasteiger partial charge in [0.2, 0.25) is 0 Å². The summed E-state index contributed by atoms with van der Waals surface area (Å²) in [6.07, 6.45) is 2.23. The molecule has 1 saturated carbocycles. The first-order valence-corrected chi connectivity index (χ1v) is 7.55. The summed E-state index contributed by atoms with van der Waals surface area (Å²) < 4.78 is 4.77. The lowest BCUT2D eigenvalue weighted by atomic mass is 9.83. The van der Waals surface area contributed by atoms with Gasteiger partial charge in [0, 0.05) is 12.8 Å². The summed E-state index contributed by atoms with van der Waals surface area (Å²) in [5.41, 5.74) is 0.292. The quantitative estimate of drug-likeness (QED) is 0.863. The molecule has 2 atom stereocenters. The minimum atomic E-state index is -0.835. The Kier molecular flexibility index (Phi) is 5.55. The smallest absolute Gasteiger partial charge is 0.328 e. The van der Waals surface area contributed by atoms with Crippen molar-refractivity contribution in [3.63, 3.8) is 0 Å². The van der Waals surface area contributed by atoms with Crippen LogP contribution in [0.2, 0.25) is 5.02 Å². The van der Waals surface area contributed by atoms with E-state index in [4.69, 9.17) is 16.3 Å². The highest BCUT2D eigenvalue weighted by atomic mass is 35.5. The summed E-state index contributed by atoms with van der Waals surface area (Å²) in [7, 11) is 1.27. The van der Waals surface area contributed by atoms with Gasteiger partial charge >= 0.3 is 5.97 Å². The van der Waals surface area contributed by atoms with E-state index in [2.05, 4.69) is 5.32 Å². The number of ketones is 1. The maximum Gasteiger partial charge on any atom is 0.328 e. The molecule has 0 saturated heterocycles. The van der Waals surface area contributed by atoms with Crippen LogP contribution in [-0.2, 0) is 14.3 Å². The predicted molar refractivity (Wildman–Crippen MR) is 81.7 cm³/mol. The van der Waals surface area contributed by atoms with E-state index in [1.165, 1.54) is 7.11 Å². The van der Waals surface area contributed by atoms with Gasteiger partial charge in [0.25, 0.3) is 5.91 Å². The molecule has 0 radical (unpaired) electrons. The first-order chi connectivity index (χ1) is 10.5. The number of esters is 1. The lowest BCUT2D eigenvalue weighted by Crippen LogP contribution is -2.48. The number of rotatable bonds is 4. The van der Waals surface area contributed by atoms with E-state index >= 15 is 0 Å². The fourth-order valence-electron chi connectivity index (χ4n) is 2.70. The third kappa shape index (κ3) is 3.85. The molecule has 0 bridgehead atoms. The molecule has 0 aliphatic heterocycles. The number of hydrogen-bond acceptors (Lipinski definition) is 4. The predicted octanol–water partition coefficient (Wildman–Crippen LogP) is 2.37. The number of hydrogen-bond donors (Lipinski definition) is 1. The van der Waals surface area contributed by atoms with Crippen molar-refractivity contribution in [3.05, 3.63) is 34.9 Å². The van der Waals surface area contributed by atoms with Gasteiger partial charge < -0.3 is 10.1 Å². The van der Waals surface area contributed by atoms with E-state index in [9.17, 15) is 14.4 Å². The molecule has 2 rings (SSSR count). The highest BCUT2D eigenvalue weighted by molar-refractivity contribution is 6.33. The van der Waals surface area contributed by atoms with Gasteiger partial charge in [0.15, 0.2) is 0 Å². The van der Waals surface area contributed by atoms with Crippen molar-refractivity contribution in [1.29, 1.82) is 0 Å². The Labute approximate surface area is 134 Å². The van der Waals surface area contributed by atoms with E-state index < -0.39 is 17.9 Å². The van der Waals surface area contributed by atoms with Crippen LogP contribution < -0.4 is 5.32 Å². The minimum Gasteiger partial charge on any atom is -0.467 e. The molecule has 0 spiro atoms. The van der Waals surface area contributed by atoms with Gasteiger partial charge in [-0.25, -0.2) is 4.79 Å². The van der Waals surface area contributed by atoms with Crippen molar-refractivity contribution < 1.29 is 19.1 Å². The van der Waals surface area contributed by atoms with Crippen LogP contribution in [0.5, 0.6) is 0 Å². The van der Waals surface area contributed by atoms with Crippen LogP contribution in [0.1, 0.15) is 36.0 Å². The Balaban J connectivity index is 2.16. The monoisotopic (exact) mass is 323 g/mol. The first-order valence-electron chi connectivity index (χ1n) is 7.18. The Bertz CT molecular complexity index is 587. The minimum absolute atomic E-state index is 0.108. The zero-order valence-corrected chi connectivity index (χ0v) is 13.1. The van der Waals surface area contributed by atoms with Crippen LogP contribution in [0, 0.1) is 5.92 Å². The molecule has 1 aliphatic rings. The number of benzene rings is 1. The van der Waals surface area contributed by atoms with E-state index in [0.29, 0.717) is 23.4 Å². The highest BCUT2D eigenvalue weighted by Gasteiger charge is 2.34. The van der Waals surface area contributed by atoms with Gasteiger partial charge in [-0.1, -0.05) is 23.7 Å². The van der Waals surface area contributed by atoms with E-state index in [1.807, 2.05) is 0 Å². The van der Waals surface area contributed by atoms with Crippen LogP contribution in [0.3, 0.4) is 0 Å². The molecular formula is C16H18ClNO4. The zero-order chi connectivity index (χ0) is 16.1. The number of nitrogens with one attached hydrogen (secondary N) is 1. The van der Waals surface area contributed by atoms with Crippen LogP contribution in [0.25, 0.3) is 0 Å².